The molecule has 0 spiro atoms. The second kappa shape index (κ2) is 55.7. The fraction of sp³-hybridized carbons (Fsp3) is 0.869. The molecule has 3 N–H and O–H groups in total. The Morgan fingerprint density at radius 2 is 0.600 bits per heavy atom. The number of ether oxygens (including phenoxy) is 4. The van der Waals surface area contributed by atoms with Gasteiger partial charge < -0.3 is 33.8 Å². The van der Waals surface area contributed by atoms with Gasteiger partial charge in [0.15, 0.2) is 12.2 Å². The number of phosphoric acid groups is 2. The summed E-state index contributed by atoms with van der Waals surface area (Å²) in [6.07, 6.45) is 42.8. The van der Waals surface area contributed by atoms with Crippen molar-refractivity contribution in [2.75, 3.05) is 39.6 Å². The van der Waals surface area contributed by atoms with Crippen LogP contribution < -0.4 is 0 Å². The van der Waals surface area contributed by atoms with Gasteiger partial charge >= 0.3 is 39.5 Å². The molecule has 0 radical (unpaired) electrons. The molecular weight excluding hydrogens is 1070 g/mol. The minimum atomic E-state index is -4.95. The van der Waals surface area contributed by atoms with Crippen LogP contribution in [0.1, 0.15) is 285 Å². The molecule has 5 atom stereocenters. The predicted molar refractivity (Wildman–Crippen MR) is 317 cm³/mol. The van der Waals surface area contributed by atoms with E-state index in [4.69, 9.17) is 37.0 Å². The molecule has 0 heterocycles. The summed E-state index contributed by atoms with van der Waals surface area (Å²) in [4.78, 5) is 71.7. The van der Waals surface area contributed by atoms with Crippen molar-refractivity contribution >= 4 is 39.5 Å². The molecule has 0 saturated carbocycles. The van der Waals surface area contributed by atoms with Crippen LogP contribution in [0.2, 0.25) is 0 Å². The van der Waals surface area contributed by atoms with Gasteiger partial charge in [-0.1, -0.05) is 232 Å². The molecule has 0 aromatic rings. The molecule has 19 heteroatoms. The molecule has 0 rings (SSSR count). The lowest BCUT2D eigenvalue weighted by atomic mass is 10.1. The molecular formula is C61H114O17P2. The molecule has 0 aliphatic heterocycles. The first-order chi connectivity index (χ1) is 38.7. The molecule has 2 unspecified atom stereocenters. The minimum Gasteiger partial charge on any atom is -0.462 e. The molecule has 0 bridgehead atoms. The van der Waals surface area contributed by atoms with Gasteiger partial charge in [0.1, 0.15) is 19.3 Å². The first-order valence-corrected chi connectivity index (χ1v) is 34.6. The Bertz CT molecular complexity index is 1640. The fourth-order valence-corrected chi connectivity index (χ4v) is 10.1. The van der Waals surface area contributed by atoms with Gasteiger partial charge in [-0.05, 0) is 51.4 Å². The van der Waals surface area contributed by atoms with Gasteiger partial charge in [-0.2, -0.15) is 0 Å². The van der Waals surface area contributed by atoms with Crippen LogP contribution in [0.4, 0.5) is 0 Å². The quantitative estimate of drug-likeness (QED) is 0.0169. The third-order valence-electron chi connectivity index (χ3n) is 13.5. The Labute approximate surface area is 484 Å². The number of allylic oxidation sites excluding steroid dienone is 4. The van der Waals surface area contributed by atoms with E-state index in [0.29, 0.717) is 25.7 Å². The highest BCUT2D eigenvalue weighted by atomic mass is 31.2. The molecule has 0 amide bonds. The average molecular weight is 1180 g/mol. The van der Waals surface area contributed by atoms with E-state index in [2.05, 4.69) is 52.0 Å². The standard InChI is InChI=1S/C61H114O17P2/c1-5-9-13-17-20-23-26-27-28-29-30-33-36-40-44-48-61(66)78-57(52-72-59(64)46-42-38-34-31-24-21-18-14-10-6-2)54-76-80(69,70)74-50-55(62)49-73-79(67,68)75-53-56(51-71-58(63)45-41-37-16-12-8-4)77-60(65)47-43-39-35-32-25-22-19-15-11-7-3/h23,26-28,55-57,62H,5-22,24-25,29-54H2,1-4H3,(H,67,68)(H,69,70)/b26-23-,28-27-/t55-,56+,57+/m0/s1. The highest BCUT2D eigenvalue weighted by Crippen LogP contribution is 2.45. The summed E-state index contributed by atoms with van der Waals surface area (Å²) in [6.45, 7) is 4.70. The van der Waals surface area contributed by atoms with E-state index < -0.39 is 97.5 Å². The Morgan fingerprint density at radius 3 is 0.912 bits per heavy atom. The van der Waals surface area contributed by atoms with Crippen molar-refractivity contribution in [3.05, 3.63) is 24.3 Å². The van der Waals surface area contributed by atoms with Gasteiger partial charge in [0, 0.05) is 25.7 Å². The van der Waals surface area contributed by atoms with E-state index in [0.717, 1.165) is 109 Å². The first kappa shape index (κ1) is 77.5. The smallest absolute Gasteiger partial charge is 0.462 e. The summed E-state index contributed by atoms with van der Waals surface area (Å²) >= 11 is 0. The minimum absolute atomic E-state index is 0.0852. The van der Waals surface area contributed by atoms with Crippen LogP contribution in [0.5, 0.6) is 0 Å². The zero-order valence-electron chi connectivity index (χ0n) is 50.5. The molecule has 470 valence electrons. The zero-order valence-corrected chi connectivity index (χ0v) is 52.3. The third-order valence-corrected chi connectivity index (χ3v) is 15.4. The molecule has 0 saturated heterocycles. The Kier molecular flexibility index (Phi) is 54.0. The van der Waals surface area contributed by atoms with Crippen LogP contribution in [0.15, 0.2) is 24.3 Å². The van der Waals surface area contributed by atoms with Crippen LogP contribution in [0, 0.1) is 0 Å². The number of aliphatic hydroxyl groups excluding tert-OH is 1. The zero-order chi connectivity index (χ0) is 59.1. The summed E-state index contributed by atoms with van der Waals surface area (Å²) in [7, 11) is -9.88. The molecule has 0 aliphatic carbocycles. The number of phosphoric ester groups is 2. The van der Waals surface area contributed by atoms with E-state index in [-0.39, 0.29) is 25.7 Å². The lowest BCUT2D eigenvalue weighted by Gasteiger charge is -2.21. The van der Waals surface area contributed by atoms with Crippen LogP contribution >= 0.6 is 15.6 Å². The lowest BCUT2D eigenvalue weighted by Crippen LogP contribution is -2.30. The van der Waals surface area contributed by atoms with Crippen molar-refractivity contribution in [3.8, 4) is 0 Å². The number of esters is 4. The van der Waals surface area contributed by atoms with E-state index in [1.54, 1.807) is 0 Å². The van der Waals surface area contributed by atoms with Gasteiger partial charge in [-0.25, -0.2) is 9.13 Å². The third kappa shape index (κ3) is 54.8. The summed E-state index contributed by atoms with van der Waals surface area (Å²) in [5, 5.41) is 10.5. The Balaban J connectivity index is 5.21. The van der Waals surface area contributed by atoms with Crippen molar-refractivity contribution in [2.45, 2.75) is 303 Å². The van der Waals surface area contributed by atoms with Gasteiger partial charge in [0.05, 0.1) is 26.4 Å². The second-order valence-corrected chi connectivity index (χ2v) is 24.3. The maximum Gasteiger partial charge on any atom is 0.472 e. The van der Waals surface area contributed by atoms with Crippen LogP contribution in [0.3, 0.4) is 0 Å². The van der Waals surface area contributed by atoms with Gasteiger partial charge in [-0.15, -0.1) is 0 Å². The number of hydrogen-bond acceptors (Lipinski definition) is 15. The fourth-order valence-electron chi connectivity index (χ4n) is 8.56. The van der Waals surface area contributed by atoms with Crippen LogP contribution in [-0.4, -0.2) is 96.7 Å². The van der Waals surface area contributed by atoms with E-state index in [1.807, 2.05) is 0 Å². The van der Waals surface area contributed by atoms with Gasteiger partial charge in [-0.3, -0.25) is 37.3 Å². The number of carbonyl (C=O) groups excluding carboxylic acids is 4. The molecule has 80 heavy (non-hydrogen) atoms. The van der Waals surface area contributed by atoms with E-state index >= 15 is 0 Å². The monoisotopic (exact) mass is 1180 g/mol. The van der Waals surface area contributed by atoms with Crippen molar-refractivity contribution in [1.82, 2.24) is 0 Å². The topological polar surface area (TPSA) is 237 Å². The van der Waals surface area contributed by atoms with Crippen LogP contribution in [0.25, 0.3) is 0 Å². The molecule has 0 aliphatic rings. The normalized spacial score (nSPS) is 14.4. The number of hydrogen-bond donors (Lipinski definition) is 3. The van der Waals surface area contributed by atoms with E-state index in [9.17, 15) is 43.2 Å². The summed E-state index contributed by atoms with van der Waals surface area (Å²) < 4.78 is 67.6. The average Bonchev–Trinajstić information content (AvgIpc) is 3.43. The maximum atomic E-state index is 12.9. The Morgan fingerprint density at radius 1 is 0.350 bits per heavy atom. The van der Waals surface area contributed by atoms with E-state index in [1.165, 1.54) is 96.3 Å². The maximum absolute atomic E-state index is 12.9. The molecule has 17 nitrogen and oxygen atoms in total. The van der Waals surface area contributed by atoms with Gasteiger partial charge in [0.25, 0.3) is 0 Å². The number of carbonyl (C=O) groups is 4. The second-order valence-electron chi connectivity index (χ2n) is 21.4. The first-order valence-electron chi connectivity index (χ1n) is 31.6. The van der Waals surface area contributed by atoms with Crippen LogP contribution in [-0.2, 0) is 65.4 Å². The highest BCUT2D eigenvalue weighted by Gasteiger charge is 2.30. The lowest BCUT2D eigenvalue weighted by molar-refractivity contribution is -0.161. The highest BCUT2D eigenvalue weighted by molar-refractivity contribution is 7.47. The molecule has 0 aromatic carbocycles. The van der Waals surface area contributed by atoms with Crippen molar-refractivity contribution in [2.24, 2.45) is 0 Å². The molecule has 0 fully saturated rings. The SMILES string of the molecule is CCCCCC/C=C\C=C/CCCCCCCC(=O)O[C@H](COC(=O)CCCCCCCCCCCC)COP(=O)(O)OC[C@@H](O)COP(=O)(O)OC[C@@H](COC(=O)CCCCCCC)OC(=O)CCCCCCCCCCCC. The van der Waals surface area contributed by atoms with Gasteiger partial charge in [0.2, 0.25) is 0 Å². The van der Waals surface area contributed by atoms with Crippen molar-refractivity contribution in [3.63, 3.8) is 0 Å². The van der Waals surface area contributed by atoms with Crippen molar-refractivity contribution in [1.29, 1.82) is 0 Å². The predicted octanol–water partition coefficient (Wildman–Crippen LogP) is 16.3. The number of aliphatic hydroxyl groups is 1. The van der Waals surface area contributed by atoms with Crippen molar-refractivity contribution < 1.29 is 80.2 Å². The molecule has 0 aromatic heterocycles. The largest absolute Gasteiger partial charge is 0.472 e. The summed E-state index contributed by atoms with van der Waals surface area (Å²) in [5.41, 5.74) is 0. The number of unbranched alkanes of at least 4 members (excludes halogenated alkanes) is 31. The number of rotatable bonds is 60. The summed E-state index contributed by atoms with van der Waals surface area (Å²) in [5.74, 6) is -2.18. The summed E-state index contributed by atoms with van der Waals surface area (Å²) in [6, 6.07) is 0. The Hall–Kier alpha value is -2.46.